The number of hydrogen-bond acceptors (Lipinski definition) is 5. The van der Waals surface area contributed by atoms with Gasteiger partial charge in [0.15, 0.2) is 0 Å². The van der Waals surface area contributed by atoms with Crippen LogP contribution in [-0.4, -0.2) is 9.36 Å². The second-order valence-corrected chi connectivity index (χ2v) is 5.31. The zero-order valence-corrected chi connectivity index (χ0v) is 12.4. The van der Waals surface area contributed by atoms with Gasteiger partial charge >= 0.3 is 0 Å². The fourth-order valence-electron chi connectivity index (χ4n) is 2.01. The van der Waals surface area contributed by atoms with Gasteiger partial charge < -0.3 is 10.5 Å². The molecule has 4 nitrogen and oxygen atoms in total. The minimum atomic E-state index is 0.543. The smallest absolute Gasteiger partial charge is 0.298 e. The predicted octanol–water partition coefficient (Wildman–Crippen LogP) is 3.36. The van der Waals surface area contributed by atoms with Gasteiger partial charge in [-0.2, -0.15) is 9.36 Å². The Balaban J connectivity index is 2.22. The number of benzene rings is 1. The highest BCUT2D eigenvalue weighted by Crippen LogP contribution is 2.30. The average molecular weight is 277 g/mol. The maximum atomic E-state index is 5.87. The van der Waals surface area contributed by atoms with Crippen molar-refractivity contribution in [2.45, 2.75) is 40.2 Å². The van der Waals surface area contributed by atoms with Crippen LogP contribution in [0.2, 0.25) is 0 Å². The van der Waals surface area contributed by atoms with Gasteiger partial charge in [-0.3, -0.25) is 0 Å². The molecule has 19 heavy (non-hydrogen) atoms. The fourth-order valence-corrected chi connectivity index (χ4v) is 2.59. The molecule has 5 heteroatoms. The van der Waals surface area contributed by atoms with E-state index in [2.05, 4.69) is 28.4 Å². The standard InChI is InChI=1S/C14H19N3OS/c1-4-5-12-16-14(19-17-12)18-13-9(2)6-11(8-15)7-10(13)3/h6-7H,4-5,8,15H2,1-3H3. The van der Waals surface area contributed by atoms with E-state index >= 15 is 0 Å². The SMILES string of the molecule is CCCc1nsc(Oc2c(C)cc(CN)cc2C)n1. The molecular weight excluding hydrogens is 258 g/mol. The topological polar surface area (TPSA) is 61.0 Å². The van der Waals surface area contributed by atoms with E-state index in [0.29, 0.717) is 11.7 Å². The van der Waals surface area contributed by atoms with Crippen LogP contribution in [0, 0.1) is 13.8 Å². The molecule has 0 bridgehead atoms. The summed E-state index contributed by atoms with van der Waals surface area (Å²) in [6.07, 6.45) is 1.93. The number of nitrogens with two attached hydrogens (primary N) is 1. The van der Waals surface area contributed by atoms with Crippen molar-refractivity contribution in [3.63, 3.8) is 0 Å². The number of nitrogens with zero attached hydrogens (tertiary/aromatic N) is 2. The fraction of sp³-hybridized carbons (Fsp3) is 0.429. The molecule has 0 unspecified atom stereocenters. The molecule has 0 amide bonds. The molecule has 0 aliphatic rings. The monoisotopic (exact) mass is 277 g/mol. The zero-order valence-electron chi connectivity index (χ0n) is 11.6. The van der Waals surface area contributed by atoms with Crippen molar-refractivity contribution in [1.29, 1.82) is 0 Å². The molecule has 0 aliphatic carbocycles. The molecule has 0 saturated heterocycles. The third-order valence-electron chi connectivity index (χ3n) is 2.87. The molecule has 1 aromatic carbocycles. The van der Waals surface area contributed by atoms with Crippen LogP contribution in [0.5, 0.6) is 10.9 Å². The van der Waals surface area contributed by atoms with Gasteiger partial charge in [-0.05, 0) is 37.0 Å². The van der Waals surface area contributed by atoms with Crippen LogP contribution in [0.15, 0.2) is 12.1 Å². The van der Waals surface area contributed by atoms with Crippen LogP contribution >= 0.6 is 11.5 Å². The van der Waals surface area contributed by atoms with E-state index in [1.54, 1.807) is 0 Å². The summed E-state index contributed by atoms with van der Waals surface area (Å²) in [6.45, 7) is 6.70. The van der Waals surface area contributed by atoms with Crippen molar-refractivity contribution < 1.29 is 4.74 Å². The minimum absolute atomic E-state index is 0.543. The Kier molecular flexibility index (Phi) is 4.50. The summed E-state index contributed by atoms with van der Waals surface area (Å²) in [5, 5.41) is 0.607. The Morgan fingerprint density at radius 3 is 2.53 bits per heavy atom. The highest BCUT2D eigenvalue weighted by molar-refractivity contribution is 7.07. The molecular formula is C14H19N3OS. The summed E-state index contributed by atoms with van der Waals surface area (Å²) in [5.41, 5.74) is 8.94. The molecule has 1 aromatic heterocycles. The first-order valence-corrected chi connectivity index (χ1v) is 7.22. The Morgan fingerprint density at radius 2 is 1.95 bits per heavy atom. The highest BCUT2D eigenvalue weighted by atomic mass is 32.1. The van der Waals surface area contributed by atoms with Gasteiger partial charge in [-0.15, -0.1) is 0 Å². The summed E-state index contributed by atoms with van der Waals surface area (Å²) in [6, 6.07) is 4.10. The van der Waals surface area contributed by atoms with Gasteiger partial charge in [0.25, 0.3) is 5.19 Å². The third-order valence-corrected chi connectivity index (χ3v) is 3.50. The molecule has 0 spiro atoms. The average Bonchev–Trinajstić information content (AvgIpc) is 2.81. The summed E-state index contributed by atoms with van der Waals surface area (Å²) in [4.78, 5) is 4.38. The molecule has 102 valence electrons. The Bertz CT molecular complexity index is 543. The van der Waals surface area contributed by atoms with Crippen molar-refractivity contribution in [3.05, 3.63) is 34.6 Å². The van der Waals surface area contributed by atoms with Crippen LogP contribution in [0.4, 0.5) is 0 Å². The van der Waals surface area contributed by atoms with Crippen LogP contribution in [0.1, 0.15) is 35.9 Å². The van der Waals surface area contributed by atoms with E-state index in [0.717, 1.165) is 41.1 Å². The van der Waals surface area contributed by atoms with Gasteiger partial charge in [0.05, 0.1) is 0 Å². The van der Waals surface area contributed by atoms with Crippen LogP contribution in [0.25, 0.3) is 0 Å². The van der Waals surface area contributed by atoms with E-state index < -0.39 is 0 Å². The zero-order chi connectivity index (χ0) is 13.8. The largest absolute Gasteiger partial charge is 0.429 e. The maximum Gasteiger partial charge on any atom is 0.298 e. The molecule has 0 fully saturated rings. The molecule has 2 aromatic rings. The lowest BCUT2D eigenvalue weighted by Crippen LogP contribution is -1.99. The van der Waals surface area contributed by atoms with E-state index in [1.165, 1.54) is 11.5 Å². The Morgan fingerprint density at radius 1 is 1.26 bits per heavy atom. The number of aryl methyl sites for hydroxylation is 3. The lowest BCUT2D eigenvalue weighted by atomic mass is 10.1. The normalized spacial score (nSPS) is 10.7. The first-order valence-electron chi connectivity index (χ1n) is 6.44. The second-order valence-electron chi connectivity index (χ2n) is 4.59. The Labute approximate surface area is 117 Å². The second kappa shape index (κ2) is 6.12. The first-order chi connectivity index (χ1) is 9.13. The molecule has 1 heterocycles. The van der Waals surface area contributed by atoms with Gasteiger partial charge in [0.1, 0.15) is 11.6 Å². The number of hydrogen-bond donors (Lipinski definition) is 1. The molecule has 0 atom stereocenters. The summed E-state index contributed by atoms with van der Waals surface area (Å²) in [5.74, 6) is 1.72. The van der Waals surface area contributed by atoms with E-state index in [9.17, 15) is 0 Å². The molecule has 2 rings (SSSR count). The number of aromatic nitrogens is 2. The molecule has 0 saturated carbocycles. The first kappa shape index (κ1) is 14.0. The van der Waals surface area contributed by atoms with Gasteiger partial charge in [-0.1, -0.05) is 19.1 Å². The van der Waals surface area contributed by atoms with E-state index in [4.69, 9.17) is 10.5 Å². The molecule has 0 radical (unpaired) electrons. The summed E-state index contributed by atoms with van der Waals surface area (Å²) in [7, 11) is 0. The van der Waals surface area contributed by atoms with Gasteiger partial charge in [0.2, 0.25) is 0 Å². The number of rotatable bonds is 5. The van der Waals surface area contributed by atoms with E-state index in [1.807, 2.05) is 13.8 Å². The summed E-state index contributed by atoms with van der Waals surface area (Å²) >= 11 is 1.30. The van der Waals surface area contributed by atoms with Crippen molar-refractivity contribution in [2.24, 2.45) is 5.73 Å². The van der Waals surface area contributed by atoms with Crippen molar-refractivity contribution >= 4 is 11.5 Å². The van der Waals surface area contributed by atoms with Crippen molar-refractivity contribution in [3.8, 4) is 10.9 Å². The lowest BCUT2D eigenvalue weighted by Gasteiger charge is -2.10. The third kappa shape index (κ3) is 3.30. The highest BCUT2D eigenvalue weighted by Gasteiger charge is 2.11. The molecule has 0 aliphatic heterocycles. The lowest BCUT2D eigenvalue weighted by molar-refractivity contribution is 0.469. The van der Waals surface area contributed by atoms with Crippen LogP contribution in [0.3, 0.4) is 0 Å². The van der Waals surface area contributed by atoms with Gasteiger partial charge in [0, 0.05) is 24.5 Å². The molecule has 2 N–H and O–H groups in total. The maximum absolute atomic E-state index is 5.87. The Hall–Kier alpha value is -1.46. The minimum Gasteiger partial charge on any atom is -0.429 e. The number of ether oxygens (including phenoxy) is 1. The van der Waals surface area contributed by atoms with Gasteiger partial charge in [-0.25, -0.2) is 0 Å². The van der Waals surface area contributed by atoms with Crippen molar-refractivity contribution in [2.75, 3.05) is 0 Å². The predicted molar refractivity (Wildman–Crippen MR) is 77.8 cm³/mol. The quantitative estimate of drug-likeness (QED) is 0.910. The van der Waals surface area contributed by atoms with Crippen molar-refractivity contribution in [1.82, 2.24) is 9.36 Å². The van der Waals surface area contributed by atoms with Crippen LogP contribution < -0.4 is 10.5 Å². The van der Waals surface area contributed by atoms with Crippen LogP contribution in [-0.2, 0) is 13.0 Å². The summed E-state index contributed by atoms with van der Waals surface area (Å²) < 4.78 is 10.2. The van der Waals surface area contributed by atoms with E-state index in [-0.39, 0.29) is 0 Å².